The molecule has 0 bridgehead atoms. The monoisotopic (exact) mass is 306 g/mol. The van der Waals surface area contributed by atoms with Crippen LogP contribution in [0.4, 0.5) is 0 Å². The minimum Gasteiger partial charge on any atom is -0.463 e. The predicted molar refractivity (Wildman–Crippen MR) is 77.8 cm³/mol. The minimum atomic E-state index is -1.02. The van der Waals surface area contributed by atoms with Crippen LogP contribution < -0.4 is 0 Å². The van der Waals surface area contributed by atoms with Crippen LogP contribution in [-0.2, 0) is 35.2 Å². The van der Waals surface area contributed by atoms with Gasteiger partial charge in [0.05, 0.1) is 13.2 Å². The molecule has 118 valence electrons. The molecule has 22 heavy (non-hydrogen) atoms. The van der Waals surface area contributed by atoms with Gasteiger partial charge in [-0.3, -0.25) is 4.79 Å². The van der Waals surface area contributed by atoms with Crippen molar-refractivity contribution in [2.75, 3.05) is 6.61 Å². The van der Waals surface area contributed by atoms with Crippen molar-refractivity contribution in [3.05, 3.63) is 48.0 Å². The minimum absolute atomic E-state index is 0.177. The van der Waals surface area contributed by atoms with Crippen molar-refractivity contribution in [1.82, 2.24) is 0 Å². The summed E-state index contributed by atoms with van der Waals surface area (Å²) < 4.78 is 14.9. The van der Waals surface area contributed by atoms with E-state index in [0.29, 0.717) is 6.29 Å². The Labute approximate surface area is 128 Å². The van der Waals surface area contributed by atoms with E-state index in [1.807, 2.05) is 30.3 Å². The van der Waals surface area contributed by atoms with Crippen molar-refractivity contribution in [1.29, 1.82) is 0 Å². The molecule has 0 aliphatic carbocycles. The summed E-state index contributed by atoms with van der Waals surface area (Å²) in [5.74, 6) is -0.588. The Morgan fingerprint density at radius 3 is 2.50 bits per heavy atom. The highest BCUT2D eigenvalue weighted by molar-refractivity contribution is 5.82. The highest BCUT2D eigenvalue weighted by Gasteiger charge is 2.21. The number of esters is 1. The van der Waals surface area contributed by atoms with Crippen molar-refractivity contribution in [3.8, 4) is 0 Å². The zero-order valence-electron chi connectivity index (χ0n) is 12.2. The normalized spacial score (nSPS) is 13.3. The molecule has 2 atom stereocenters. The Balaban J connectivity index is 2.66. The van der Waals surface area contributed by atoms with E-state index in [9.17, 15) is 14.4 Å². The van der Waals surface area contributed by atoms with Crippen LogP contribution in [0.25, 0.3) is 0 Å². The van der Waals surface area contributed by atoms with E-state index in [0.717, 1.165) is 11.6 Å². The third-order valence-corrected chi connectivity index (χ3v) is 2.66. The number of ether oxygens (including phenoxy) is 3. The number of benzene rings is 1. The molecule has 1 aromatic carbocycles. The van der Waals surface area contributed by atoms with Crippen molar-refractivity contribution >= 4 is 18.7 Å². The van der Waals surface area contributed by atoms with Gasteiger partial charge in [0.1, 0.15) is 0 Å². The maximum Gasteiger partial charge on any atom is 0.330 e. The molecule has 0 spiro atoms. The molecule has 0 unspecified atom stereocenters. The highest BCUT2D eigenvalue weighted by atomic mass is 16.6. The Morgan fingerprint density at radius 1 is 1.18 bits per heavy atom. The van der Waals surface area contributed by atoms with E-state index in [1.54, 1.807) is 6.92 Å². The number of hydrogen-bond donors (Lipinski definition) is 0. The van der Waals surface area contributed by atoms with Gasteiger partial charge in [-0.15, -0.1) is 0 Å². The SMILES string of the molecule is CCOC(=O)/C=C/[C@@H](OC=O)[C@@H](C=O)OCc1ccccc1. The van der Waals surface area contributed by atoms with Crippen molar-refractivity contribution in [3.63, 3.8) is 0 Å². The molecule has 6 heteroatoms. The van der Waals surface area contributed by atoms with Crippen molar-refractivity contribution in [2.24, 2.45) is 0 Å². The van der Waals surface area contributed by atoms with Crippen LogP contribution in [0.3, 0.4) is 0 Å². The third-order valence-electron chi connectivity index (χ3n) is 2.66. The van der Waals surface area contributed by atoms with Crippen LogP contribution in [0, 0.1) is 0 Å². The Bertz CT molecular complexity index is 497. The highest BCUT2D eigenvalue weighted by Crippen LogP contribution is 2.08. The van der Waals surface area contributed by atoms with Gasteiger partial charge < -0.3 is 19.0 Å². The predicted octanol–water partition coefficient (Wildman–Crippen LogP) is 1.43. The number of carbonyl (C=O) groups excluding carboxylic acids is 3. The Kier molecular flexibility index (Phi) is 8.22. The second-order valence-electron chi connectivity index (χ2n) is 4.21. The molecule has 1 aromatic rings. The molecule has 0 heterocycles. The summed E-state index contributed by atoms with van der Waals surface area (Å²) in [6.07, 6.45) is 0.863. The van der Waals surface area contributed by atoms with Crippen LogP contribution in [0.1, 0.15) is 12.5 Å². The van der Waals surface area contributed by atoms with E-state index in [-0.39, 0.29) is 19.7 Å². The van der Waals surface area contributed by atoms with Crippen LogP contribution in [0.2, 0.25) is 0 Å². The molecule has 0 aliphatic heterocycles. The first-order chi connectivity index (χ1) is 10.7. The van der Waals surface area contributed by atoms with Gasteiger partial charge in [0, 0.05) is 6.08 Å². The summed E-state index contributed by atoms with van der Waals surface area (Å²) in [7, 11) is 0. The van der Waals surface area contributed by atoms with Gasteiger partial charge in [-0.25, -0.2) is 4.79 Å². The first-order valence-electron chi connectivity index (χ1n) is 6.76. The molecular formula is C16H18O6. The largest absolute Gasteiger partial charge is 0.463 e. The molecule has 0 amide bonds. The maximum absolute atomic E-state index is 11.3. The molecular weight excluding hydrogens is 288 g/mol. The molecule has 0 aromatic heterocycles. The second kappa shape index (κ2) is 10.3. The first kappa shape index (κ1) is 17.6. The van der Waals surface area contributed by atoms with Gasteiger partial charge in [0.15, 0.2) is 18.5 Å². The quantitative estimate of drug-likeness (QED) is 0.370. The Morgan fingerprint density at radius 2 is 1.91 bits per heavy atom. The summed E-state index contributed by atoms with van der Waals surface area (Å²) in [4.78, 5) is 32.9. The Hall–Kier alpha value is -2.47. The van der Waals surface area contributed by atoms with E-state index in [2.05, 4.69) is 0 Å². The fraction of sp³-hybridized carbons (Fsp3) is 0.312. The van der Waals surface area contributed by atoms with E-state index < -0.39 is 18.2 Å². The molecule has 0 N–H and O–H groups in total. The summed E-state index contributed by atoms with van der Waals surface area (Å²) >= 11 is 0. The number of hydrogen-bond acceptors (Lipinski definition) is 6. The molecule has 0 radical (unpaired) electrons. The van der Waals surface area contributed by atoms with Gasteiger partial charge in [-0.1, -0.05) is 30.3 Å². The summed E-state index contributed by atoms with van der Waals surface area (Å²) in [6, 6.07) is 9.22. The zero-order chi connectivity index (χ0) is 16.2. The van der Waals surface area contributed by atoms with E-state index in [4.69, 9.17) is 14.2 Å². The van der Waals surface area contributed by atoms with E-state index >= 15 is 0 Å². The topological polar surface area (TPSA) is 78.9 Å². The standard InChI is InChI=1S/C16H18O6/c1-2-20-16(19)9-8-14(22-12-18)15(10-17)21-11-13-6-4-3-5-7-13/h3-10,12,14-15H,2,11H2,1H3/b9-8+/t14-,15-/m1/s1. The van der Waals surface area contributed by atoms with Crippen LogP contribution in [-0.4, -0.2) is 37.5 Å². The molecule has 0 fully saturated rings. The van der Waals surface area contributed by atoms with Crippen LogP contribution in [0.15, 0.2) is 42.5 Å². The maximum atomic E-state index is 11.3. The number of rotatable bonds is 10. The fourth-order valence-corrected chi connectivity index (χ4v) is 1.64. The molecule has 0 saturated heterocycles. The molecule has 6 nitrogen and oxygen atoms in total. The second-order valence-corrected chi connectivity index (χ2v) is 4.21. The van der Waals surface area contributed by atoms with Gasteiger partial charge in [0.2, 0.25) is 0 Å². The zero-order valence-corrected chi connectivity index (χ0v) is 12.2. The molecule has 0 aliphatic rings. The van der Waals surface area contributed by atoms with Gasteiger partial charge in [-0.2, -0.15) is 0 Å². The van der Waals surface area contributed by atoms with Gasteiger partial charge in [-0.05, 0) is 18.6 Å². The van der Waals surface area contributed by atoms with Gasteiger partial charge >= 0.3 is 5.97 Å². The average molecular weight is 306 g/mol. The summed E-state index contributed by atoms with van der Waals surface area (Å²) in [5, 5.41) is 0. The van der Waals surface area contributed by atoms with Crippen LogP contribution >= 0.6 is 0 Å². The summed E-state index contributed by atoms with van der Waals surface area (Å²) in [5.41, 5.74) is 0.869. The average Bonchev–Trinajstić information content (AvgIpc) is 2.54. The van der Waals surface area contributed by atoms with Crippen molar-refractivity contribution < 1.29 is 28.6 Å². The van der Waals surface area contributed by atoms with E-state index in [1.165, 1.54) is 6.08 Å². The van der Waals surface area contributed by atoms with Crippen molar-refractivity contribution in [2.45, 2.75) is 25.7 Å². The lowest BCUT2D eigenvalue weighted by molar-refractivity contribution is -0.143. The number of carbonyl (C=O) groups is 3. The lowest BCUT2D eigenvalue weighted by Crippen LogP contribution is -2.31. The summed E-state index contributed by atoms with van der Waals surface area (Å²) in [6.45, 7) is 2.27. The number of aldehydes is 1. The van der Waals surface area contributed by atoms with Gasteiger partial charge in [0.25, 0.3) is 6.47 Å². The lowest BCUT2D eigenvalue weighted by Gasteiger charge is -2.18. The third kappa shape index (κ3) is 6.32. The van der Waals surface area contributed by atoms with Crippen LogP contribution in [0.5, 0.6) is 0 Å². The molecule has 0 saturated carbocycles. The smallest absolute Gasteiger partial charge is 0.330 e. The molecule has 1 rings (SSSR count). The first-order valence-corrected chi connectivity index (χ1v) is 6.76. The lowest BCUT2D eigenvalue weighted by atomic mass is 10.2. The fourth-order valence-electron chi connectivity index (χ4n) is 1.64.